The molecule has 1 aromatic rings. The molecule has 1 fully saturated rings. The Kier molecular flexibility index (Phi) is 3.91. The highest BCUT2D eigenvalue weighted by molar-refractivity contribution is 5.16. The molecule has 3 heteroatoms. The molecule has 1 aliphatic heterocycles. The minimum Gasteiger partial charge on any atom is -0.314 e. The molecule has 0 saturated carbocycles. The minimum absolute atomic E-state index is 0.522. The van der Waals surface area contributed by atoms with E-state index in [-0.39, 0.29) is 0 Å². The number of hydrogen-bond acceptors (Lipinski definition) is 3. The Hall–Kier alpha value is -0.930. The van der Waals surface area contributed by atoms with E-state index in [2.05, 4.69) is 41.2 Å². The molecular formula is C13H21N3. The van der Waals surface area contributed by atoms with E-state index in [4.69, 9.17) is 0 Å². The summed E-state index contributed by atoms with van der Waals surface area (Å²) in [5, 5.41) is 3.37. The van der Waals surface area contributed by atoms with Crippen LogP contribution in [0.2, 0.25) is 0 Å². The molecule has 0 aromatic carbocycles. The lowest BCUT2D eigenvalue weighted by atomic mass is 10.1. The average molecular weight is 219 g/mol. The Bertz CT molecular complexity index is 312. The number of hydrogen-bond donors (Lipinski definition) is 1. The summed E-state index contributed by atoms with van der Waals surface area (Å²) in [6, 6.07) is 4.37. The van der Waals surface area contributed by atoms with Crippen molar-refractivity contribution in [2.75, 3.05) is 26.2 Å². The van der Waals surface area contributed by atoms with Gasteiger partial charge in [0.25, 0.3) is 0 Å². The van der Waals surface area contributed by atoms with Crippen LogP contribution in [0, 0.1) is 0 Å². The summed E-state index contributed by atoms with van der Waals surface area (Å²) in [5.41, 5.74) is 2.51. The van der Waals surface area contributed by atoms with E-state index in [0.29, 0.717) is 5.92 Å². The van der Waals surface area contributed by atoms with Gasteiger partial charge in [0.05, 0.1) is 0 Å². The molecule has 0 amide bonds. The third kappa shape index (κ3) is 3.03. The summed E-state index contributed by atoms with van der Waals surface area (Å²) in [7, 11) is 0. The number of rotatable bonds is 3. The maximum absolute atomic E-state index is 4.50. The fourth-order valence-corrected chi connectivity index (χ4v) is 2.00. The van der Waals surface area contributed by atoms with Crippen molar-refractivity contribution in [1.82, 2.24) is 15.2 Å². The summed E-state index contributed by atoms with van der Waals surface area (Å²) >= 11 is 0. The van der Waals surface area contributed by atoms with Gasteiger partial charge in [-0.05, 0) is 17.5 Å². The fourth-order valence-electron chi connectivity index (χ4n) is 2.00. The highest BCUT2D eigenvalue weighted by atomic mass is 15.2. The van der Waals surface area contributed by atoms with E-state index in [1.807, 2.05) is 6.20 Å². The van der Waals surface area contributed by atoms with Crippen LogP contribution in [0.1, 0.15) is 31.0 Å². The van der Waals surface area contributed by atoms with E-state index in [1.165, 1.54) is 11.3 Å². The molecule has 88 valence electrons. The topological polar surface area (TPSA) is 28.2 Å². The largest absolute Gasteiger partial charge is 0.314 e. The minimum atomic E-state index is 0.522. The van der Waals surface area contributed by atoms with Crippen LogP contribution >= 0.6 is 0 Å². The quantitative estimate of drug-likeness (QED) is 0.837. The second-order valence-electron chi connectivity index (χ2n) is 4.77. The van der Waals surface area contributed by atoms with E-state index in [1.54, 1.807) is 0 Å². The molecule has 0 spiro atoms. The Morgan fingerprint density at radius 3 is 2.62 bits per heavy atom. The molecule has 0 radical (unpaired) electrons. The van der Waals surface area contributed by atoms with Crippen molar-refractivity contribution in [2.45, 2.75) is 26.3 Å². The molecular weight excluding hydrogens is 198 g/mol. The van der Waals surface area contributed by atoms with Crippen molar-refractivity contribution < 1.29 is 0 Å². The summed E-state index contributed by atoms with van der Waals surface area (Å²) < 4.78 is 0. The first-order chi connectivity index (χ1) is 7.75. The van der Waals surface area contributed by atoms with E-state index < -0.39 is 0 Å². The van der Waals surface area contributed by atoms with Gasteiger partial charge in [0, 0.05) is 44.6 Å². The summed E-state index contributed by atoms with van der Waals surface area (Å²) in [5.74, 6) is 0.522. The third-order valence-electron chi connectivity index (χ3n) is 3.05. The van der Waals surface area contributed by atoms with Crippen LogP contribution in [0.5, 0.6) is 0 Å². The van der Waals surface area contributed by atoms with Gasteiger partial charge in [0.2, 0.25) is 0 Å². The van der Waals surface area contributed by atoms with Crippen LogP contribution in [-0.4, -0.2) is 36.1 Å². The lowest BCUT2D eigenvalue weighted by molar-refractivity contribution is 0.233. The van der Waals surface area contributed by atoms with Crippen molar-refractivity contribution in [3.8, 4) is 0 Å². The van der Waals surface area contributed by atoms with Gasteiger partial charge in [-0.3, -0.25) is 9.88 Å². The molecule has 1 aliphatic rings. The molecule has 1 saturated heterocycles. The number of nitrogens with one attached hydrogen (secondary N) is 1. The summed E-state index contributed by atoms with van der Waals surface area (Å²) in [6.07, 6.45) is 2.03. The highest BCUT2D eigenvalue weighted by Crippen LogP contribution is 2.12. The Morgan fingerprint density at radius 1 is 1.31 bits per heavy atom. The fraction of sp³-hybridized carbons (Fsp3) is 0.615. The maximum Gasteiger partial charge on any atom is 0.0429 e. The summed E-state index contributed by atoms with van der Waals surface area (Å²) in [6.45, 7) is 9.90. The monoisotopic (exact) mass is 219 g/mol. The first kappa shape index (κ1) is 11.6. The standard InChI is InChI=1S/C13H21N3/c1-11(2)13-4-3-12(9-15-13)10-16-7-5-14-6-8-16/h3-4,9,11,14H,5-8,10H2,1-2H3. The molecule has 2 heterocycles. The second kappa shape index (κ2) is 5.41. The predicted molar refractivity (Wildman–Crippen MR) is 66.5 cm³/mol. The van der Waals surface area contributed by atoms with Gasteiger partial charge < -0.3 is 5.32 Å². The third-order valence-corrected chi connectivity index (χ3v) is 3.05. The van der Waals surface area contributed by atoms with Crippen molar-refractivity contribution in [1.29, 1.82) is 0 Å². The van der Waals surface area contributed by atoms with Crippen molar-refractivity contribution in [2.24, 2.45) is 0 Å². The Balaban J connectivity index is 1.93. The van der Waals surface area contributed by atoms with Gasteiger partial charge >= 0.3 is 0 Å². The van der Waals surface area contributed by atoms with Crippen LogP contribution < -0.4 is 5.32 Å². The van der Waals surface area contributed by atoms with Gasteiger partial charge in [-0.25, -0.2) is 0 Å². The maximum atomic E-state index is 4.50. The predicted octanol–water partition coefficient (Wildman–Crippen LogP) is 1.61. The van der Waals surface area contributed by atoms with Gasteiger partial charge in [-0.2, -0.15) is 0 Å². The van der Waals surface area contributed by atoms with E-state index >= 15 is 0 Å². The highest BCUT2D eigenvalue weighted by Gasteiger charge is 2.10. The Morgan fingerprint density at radius 2 is 2.06 bits per heavy atom. The Labute approximate surface area is 97.9 Å². The van der Waals surface area contributed by atoms with Gasteiger partial charge in [0.1, 0.15) is 0 Å². The molecule has 1 N–H and O–H groups in total. The first-order valence-electron chi connectivity index (χ1n) is 6.13. The van der Waals surface area contributed by atoms with Gasteiger partial charge in [0.15, 0.2) is 0 Å². The van der Waals surface area contributed by atoms with Gasteiger partial charge in [-0.1, -0.05) is 19.9 Å². The zero-order valence-electron chi connectivity index (χ0n) is 10.2. The molecule has 2 rings (SSSR count). The lowest BCUT2D eigenvalue weighted by Gasteiger charge is -2.27. The van der Waals surface area contributed by atoms with Crippen molar-refractivity contribution in [3.05, 3.63) is 29.6 Å². The molecule has 0 bridgehead atoms. The summed E-state index contributed by atoms with van der Waals surface area (Å²) in [4.78, 5) is 6.98. The lowest BCUT2D eigenvalue weighted by Crippen LogP contribution is -2.42. The molecule has 3 nitrogen and oxygen atoms in total. The SMILES string of the molecule is CC(C)c1ccc(CN2CCNCC2)cn1. The normalized spacial score (nSPS) is 17.9. The number of aromatic nitrogens is 1. The average Bonchev–Trinajstić information content (AvgIpc) is 2.31. The van der Waals surface area contributed by atoms with Crippen molar-refractivity contribution >= 4 is 0 Å². The zero-order valence-corrected chi connectivity index (χ0v) is 10.2. The molecule has 0 unspecified atom stereocenters. The van der Waals surface area contributed by atoms with E-state index in [0.717, 1.165) is 32.7 Å². The number of nitrogens with zero attached hydrogens (tertiary/aromatic N) is 2. The van der Waals surface area contributed by atoms with Crippen molar-refractivity contribution in [3.63, 3.8) is 0 Å². The molecule has 1 aromatic heterocycles. The molecule has 0 atom stereocenters. The first-order valence-corrected chi connectivity index (χ1v) is 6.13. The van der Waals surface area contributed by atoms with Crippen LogP contribution in [0.4, 0.5) is 0 Å². The molecule has 16 heavy (non-hydrogen) atoms. The smallest absolute Gasteiger partial charge is 0.0429 e. The van der Waals surface area contributed by atoms with Crippen LogP contribution in [-0.2, 0) is 6.54 Å². The zero-order chi connectivity index (χ0) is 11.4. The second-order valence-corrected chi connectivity index (χ2v) is 4.77. The van der Waals surface area contributed by atoms with E-state index in [9.17, 15) is 0 Å². The van der Waals surface area contributed by atoms with Gasteiger partial charge in [-0.15, -0.1) is 0 Å². The van der Waals surface area contributed by atoms with Crippen LogP contribution in [0.25, 0.3) is 0 Å². The van der Waals surface area contributed by atoms with Crippen LogP contribution in [0.3, 0.4) is 0 Å². The van der Waals surface area contributed by atoms with Crippen LogP contribution in [0.15, 0.2) is 18.3 Å². The number of piperazine rings is 1. The number of pyridine rings is 1. The molecule has 0 aliphatic carbocycles.